The van der Waals surface area contributed by atoms with E-state index in [1.807, 2.05) is 18.2 Å². The second-order valence-electron chi connectivity index (χ2n) is 4.16. The molecule has 3 rings (SSSR count). The van der Waals surface area contributed by atoms with Crippen LogP contribution in [0.15, 0.2) is 40.9 Å². The van der Waals surface area contributed by atoms with E-state index in [-0.39, 0.29) is 12.6 Å². The molecule has 0 spiro atoms. The van der Waals surface area contributed by atoms with E-state index < -0.39 is 0 Å². The van der Waals surface area contributed by atoms with Gasteiger partial charge >= 0.3 is 0 Å². The Morgan fingerprint density at radius 2 is 1.95 bits per heavy atom. The molecule has 0 atom stereocenters. The molecule has 5 heteroatoms. The van der Waals surface area contributed by atoms with Gasteiger partial charge in [0, 0.05) is 28.3 Å². The number of hydrogen-bond donors (Lipinski definition) is 1. The molecule has 1 aliphatic rings. The maximum Gasteiger partial charge on any atom is 0.231 e. The maximum atomic E-state index is 13.6. The van der Waals surface area contributed by atoms with Crippen LogP contribution in [0.1, 0.15) is 5.56 Å². The molecule has 19 heavy (non-hydrogen) atoms. The van der Waals surface area contributed by atoms with Crippen LogP contribution in [-0.4, -0.2) is 6.79 Å². The Hall–Kier alpha value is -1.75. The predicted octanol–water partition coefficient (Wildman–Crippen LogP) is 3.93. The van der Waals surface area contributed by atoms with Gasteiger partial charge < -0.3 is 14.8 Å². The Morgan fingerprint density at radius 3 is 2.84 bits per heavy atom. The van der Waals surface area contributed by atoms with Gasteiger partial charge in [-0.15, -0.1) is 0 Å². The number of nitrogens with one attached hydrogen (secondary N) is 1. The average molecular weight is 324 g/mol. The van der Waals surface area contributed by atoms with E-state index in [1.165, 1.54) is 6.07 Å². The Balaban J connectivity index is 1.74. The molecule has 0 radical (unpaired) electrons. The first-order chi connectivity index (χ1) is 9.22. The Bertz CT molecular complexity index is 618. The van der Waals surface area contributed by atoms with Gasteiger partial charge in [0.25, 0.3) is 0 Å². The molecule has 1 N–H and O–H groups in total. The Labute approximate surface area is 118 Å². The lowest BCUT2D eigenvalue weighted by Gasteiger charge is -2.08. The van der Waals surface area contributed by atoms with E-state index in [4.69, 9.17) is 9.47 Å². The summed E-state index contributed by atoms with van der Waals surface area (Å²) in [5.74, 6) is 1.22. The van der Waals surface area contributed by atoms with Crippen LogP contribution in [0.3, 0.4) is 0 Å². The number of benzene rings is 2. The highest BCUT2D eigenvalue weighted by molar-refractivity contribution is 9.10. The molecule has 1 heterocycles. The Kier molecular flexibility index (Phi) is 3.29. The summed E-state index contributed by atoms with van der Waals surface area (Å²) in [6.07, 6.45) is 0. The fourth-order valence-electron chi connectivity index (χ4n) is 1.88. The number of hydrogen-bond acceptors (Lipinski definition) is 3. The van der Waals surface area contributed by atoms with Crippen molar-refractivity contribution in [2.24, 2.45) is 0 Å². The molecule has 2 aromatic carbocycles. The minimum absolute atomic E-state index is 0.226. The minimum Gasteiger partial charge on any atom is -0.454 e. The van der Waals surface area contributed by atoms with Crippen LogP contribution < -0.4 is 14.8 Å². The van der Waals surface area contributed by atoms with Crippen molar-refractivity contribution in [1.29, 1.82) is 0 Å². The molecule has 0 amide bonds. The number of halogens is 2. The van der Waals surface area contributed by atoms with E-state index in [2.05, 4.69) is 21.2 Å². The van der Waals surface area contributed by atoms with Crippen LogP contribution in [0.4, 0.5) is 10.1 Å². The van der Waals surface area contributed by atoms with Gasteiger partial charge in [0.2, 0.25) is 6.79 Å². The van der Waals surface area contributed by atoms with Gasteiger partial charge in [-0.25, -0.2) is 4.39 Å². The quantitative estimate of drug-likeness (QED) is 0.928. The summed E-state index contributed by atoms with van der Waals surface area (Å²) in [5.41, 5.74) is 1.47. The van der Waals surface area contributed by atoms with Gasteiger partial charge in [0.1, 0.15) is 5.82 Å². The second kappa shape index (κ2) is 5.09. The van der Waals surface area contributed by atoms with Crippen LogP contribution in [0.5, 0.6) is 11.5 Å². The van der Waals surface area contributed by atoms with Crippen molar-refractivity contribution in [1.82, 2.24) is 0 Å². The highest BCUT2D eigenvalue weighted by Crippen LogP contribution is 2.34. The standard InChI is InChI=1S/C14H11BrFNO2/c15-10-1-3-12(16)9(5-10)7-17-11-2-4-13-14(6-11)19-8-18-13/h1-6,17H,7-8H2. The molecule has 0 saturated carbocycles. The molecule has 0 unspecified atom stereocenters. The smallest absolute Gasteiger partial charge is 0.231 e. The van der Waals surface area contributed by atoms with Crippen LogP contribution >= 0.6 is 15.9 Å². The van der Waals surface area contributed by atoms with E-state index in [0.717, 1.165) is 15.9 Å². The average Bonchev–Trinajstić information content (AvgIpc) is 2.87. The predicted molar refractivity (Wildman–Crippen MR) is 74.0 cm³/mol. The van der Waals surface area contributed by atoms with Gasteiger partial charge in [-0.1, -0.05) is 15.9 Å². The number of ether oxygens (including phenoxy) is 2. The lowest BCUT2D eigenvalue weighted by molar-refractivity contribution is 0.174. The molecule has 3 nitrogen and oxygen atoms in total. The van der Waals surface area contributed by atoms with Crippen LogP contribution in [0.25, 0.3) is 0 Å². The SMILES string of the molecule is Fc1ccc(Br)cc1CNc1ccc2c(c1)OCO2. The van der Waals surface area contributed by atoms with Crippen molar-refractivity contribution >= 4 is 21.6 Å². The second-order valence-corrected chi connectivity index (χ2v) is 5.07. The van der Waals surface area contributed by atoms with E-state index in [0.29, 0.717) is 17.9 Å². The zero-order valence-electron chi connectivity index (χ0n) is 9.95. The molecule has 0 bridgehead atoms. The van der Waals surface area contributed by atoms with Crippen molar-refractivity contribution in [3.63, 3.8) is 0 Å². The van der Waals surface area contributed by atoms with Crippen molar-refractivity contribution in [2.75, 3.05) is 12.1 Å². The van der Waals surface area contributed by atoms with Crippen molar-refractivity contribution in [3.05, 3.63) is 52.3 Å². The summed E-state index contributed by atoms with van der Waals surface area (Å²) >= 11 is 3.33. The van der Waals surface area contributed by atoms with Gasteiger partial charge in [-0.2, -0.15) is 0 Å². The van der Waals surface area contributed by atoms with Crippen LogP contribution in [0, 0.1) is 5.82 Å². The highest BCUT2D eigenvalue weighted by atomic mass is 79.9. The molecular weight excluding hydrogens is 313 g/mol. The molecule has 0 aliphatic carbocycles. The molecule has 2 aromatic rings. The van der Waals surface area contributed by atoms with Crippen molar-refractivity contribution in [3.8, 4) is 11.5 Å². The molecule has 0 saturated heterocycles. The van der Waals surface area contributed by atoms with E-state index >= 15 is 0 Å². The summed E-state index contributed by atoms with van der Waals surface area (Å²) in [4.78, 5) is 0. The fourth-order valence-corrected chi connectivity index (χ4v) is 2.29. The van der Waals surface area contributed by atoms with Gasteiger partial charge in [0.15, 0.2) is 11.5 Å². The monoisotopic (exact) mass is 323 g/mol. The molecular formula is C14H11BrFNO2. The molecule has 1 aliphatic heterocycles. The van der Waals surface area contributed by atoms with Crippen LogP contribution in [0.2, 0.25) is 0 Å². The first-order valence-corrected chi connectivity index (χ1v) is 6.59. The highest BCUT2D eigenvalue weighted by Gasteiger charge is 2.13. The zero-order chi connectivity index (χ0) is 13.2. The number of anilines is 1. The zero-order valence-corrected chi connectivity index (χ0v) is 11.5. The topological polar surface area (TPSA) is 30.5 Å². The third kappa shape index (κ3) is 2.66. The summed E-state index contributed by atoms with van der Waals surface area (Å²) < 4.78 is 25.0. The lowest BCUT2D eigenvalue weighted by atomic mass is 10.2. The third-order valence-electron chi connectivity index (χ3n) is 2.86. The summed E-state index contributed by atoms with van der Waals surface area (Å²) in [6, 6.07) is 10.4. The Morgan fingerprint density at radius 1 is 1.11 bits per heavy atom. The summed E-state index contributed by atoms with van der Waals surface area (Å²) in [7, 11) is 0. The maximum absolute atomic E-state index is 13.6. The fraction of sp³-hybridized carbons (Fsp3) is 0.143. The third-order valence-corrected chi connectivity index (χ3v) is 3.36. The number of rotatable bonds is 3. The number of fused-ring (bicyclic) bond motifs is 1. The van der Waals surface area contributed by atoms with Crippen molar-refractivity contribution in [2.45, 2.75) is 6.54 Å². The van der Waals surface area contributed by atoms with Crippen LogP contribution in [-0.2, 0) is 6.54 Å². The normalized spacial score (nSPS) is 12.5. The van der Waals surface area contributed by atoms with Gasteiger partial charge in [-0.3, -0.25) is 0 Å². The van der Waals surface area contributed by atoms with Crippen molar-refractivity contribution < 1.29 is 13.9 Å². The summed E-state index contributed by atoms with van der Waals surface area (Å²) in [5, 5.41) is 3.16. The minimum atomic E-state index is -0.226. The van der Waals surface area contributed by atoms with E-state index in [9.17, 15) is 4.39 Å². The molecule has 0 fully saturated rings. The largest absolute Gasteiger partial charge is 0.454 e. The van der Waals surface area contributed by atoms with Gasteiger partial charge in [0.05, 0.1) is 0 Å². The lowest BCUT2D eigenvalue weighted by Crippen LogP contribution is -2.01. The molecule has 98 valence electrons. The summed E-state index contributed by atoms with van der Waals surface area (Å²) in [6.45, 7) is 0.657. The first-order valence-electron chi connectivity index (χ1n) is 5.80. The first kappa shape index (κ1) is 12.3. The van der Waals surface area contributed by atoms with Gasteiger partial charge in [-0.05, 0) is 30.3 Å². The van der Waals surface area contributed by atoms with E-state index in [1.54, 1.807) is 12.1 Å². The molecule has 0 aromatic heterocycles.